The quantitative estimate of drug-likeness (QED) is 0.540. The number of amides is 3. The molecule has 0 aliphatic carbocycles. The summed E-state index contributed by atoms with van der Waals surface area (Å²) in [6.07, 6.45) is -1.17. The minimum atomic E-state index is -0.983. The number of carbonyl (C=O) groups is 4. The van der Waals surface area contributed by atoms with Crippen molar-refractivity contribution in [3.63, 3.8) is 0 Å². The first kappa shape index (κ1) is 21.7. The fourth-order valence-corrected chi connectivity index (χ4v) is 4.09. The molecule has 2 aromatic rings. The number of benzene rings is 2. The number of anilines is 1. The van der Waals surface area contributed by atoms with E-state index in [-0.39, 0.29) is 29.4 Å². The second kappa shape index (κ2) is 8.55. The first-order valence-corrected chi connectivity index (χ1v) is 10.5. The van der Waals surface area contributed by atoms with Crippen LogP contribution >= 0.6 is 0 Å². The number of ether oxygens (including phenoxy) is 2. The molecule has 0 saturated carbocycles. The Morgan fingerprint density at radius 1 is 0.969 bits per heavy atom. The van der Waals surface area contributed by atoms with Gasteiger partial charge in [-0.15, -0.1) is 0 Å². The summed E-state index contributed by atoms with van der Waals surface area (Å²) in [4.78, 5) is 53.5. The molecule has 2 aromatic carbocycles. The lowest BCUT2D eigenvalue weighted by Crippen LogP contribution is -2.51. The van der Waals surface area contributed by atoms with E-state index in [1.54, 1.807) is 41.3 Å². The van der Waals surface area contributed by atoms with E-state index in [2.05, 4.69) is 0 Å². The highest BCUT2D eigenvalue weighted by Gasteiger charge is 2.36. The molecule has 3 amide bonds. The first-order valence-electron chi connectivity index (χ1n) is 10.5. The summed E-state index contributed by atoms with van der Waals surface area (Å²) in [5.74, 6) is -1.90. The number of morpholine rings is 1. The Bertz CT molecular complexity index is 1050. The maximum Gasteiger partial charge on any atom is 0.338 e. The minimum Gasteiger partial charge on any atom is -0.449 e. The Labute approximate surface area is 185 Å². The van der Waals surface area contributed by atoms with Crippen LogP contribution in [0.15, 0.2) is 48.5 Å². The summed E-state index contributed by atoms with van der Waals surface area (Å²) in [6, 6.07) is 12.6. The Morgan fingerprint density at radius 2 is 1.56 bits per heavy atom. The van der Waals surface area contributed by atoms with Crippen LogP contribution in [0, 0.1) is 0 Å². The third-order valence-corrected chi connectivity index (χ3v) is 5.50. The van der Waals surface area contributed by atoms with Crippen molar-refractivity contribution in [2.24, 2.45) is 0 Å². The van der Waals surface area contributed by atoms with Gasteiger partial charge in [-0.05, 0) is 51.1 Å². The van der Waals surface area contributed by atoms with Crippen molar-refractivity contribution >= 4 is 29.4 Å². The van der Waals surface area contributed by atoms with Crippen molar-refractivity contribution in [3.8, 4) is 0 Å². The highest BCUT2D eigenvalue weighted by Crippen LogP contribution is 2.29. The van der Waals surface area contributed by atoms with Gasteiger partial charge in [-0.1, -0.05) is 18.2 Å². The summed E-state index contributed by atoms with van der Waals surface area (Å²) < 4.78 is 11.0. The zero-order chi connectivity index (χ0) is 23.0. The van der Waals surface area contributed by atoms with Gasteiger partial charge in [0.05, 0.1) is 34.6 Å². The molecule has 1 fully saturated rings. The van der Waals surface area contributed by atoms with Crippen LogP contribution in [0.1, 0.15) is 51.8 Å². The van der Waals surface area contributed by atoms with E-state index in [0.717, 1.165) is 4.90 Å². The number of rotatable bonds is 4. The number of nitrogens with zero attached hydrogens (tertiary/aromatic N) is 2. The number of carbonyl (C=O) groups excluding carboxylic acids is 4. The van der Waals surface area contributed by atoms with Crippen molar-refractivity contribution < 1.29 is 28.7 Å². The van der Waals surface area contributed by atoms with Gasteiger partial charge >= 0.3 is 5.97 Å². The Morgan fingerprint density at radius 3 is 2.16 bits per heavy atom. The van der Waals surface area contributed by atoms with Gasteiger partial charge in [0.25, 0.3) is 17.7 Å². The summed E-state index contributed by atoms with van der Waals surface area (Å²) in [5, 5.41) is 0. The molecule has 8 heteroatoms. The zero-order valence-corrected chi connectivity index (χ0v) is 18.1. The lowest BCUT2D eigenvalue weighted by atomic mass is 10.1. The fourth-order valence-electron chi connectivity index (χ4n) is 4.09. The van der Waals surface area contributed by atoms with Gasteiger partial charge in [0, 0.05) is 13.1 Å². The van der Waals surface area contributed by atoms with Crippen molar-refractivity contribution in [1.29, 1.82) is 0 Å². The predicted octanol–water partition coefficient (Wildman–Crippen LogP) is 2.67. The van der Waals surface area contributed by atoms with Crippen molar-refractivity contribution in [2.75, 3.05) is 18.0 Å². The SMILES string of the molecule is CC1CN(C(=O)C(C)OC(=O)c2cccc(N3C(=O)c4ccccc4C3=O)c2)CC(C)O1. The molecular weight excluding hydrogens is 412 g/mol. The van der Waals surface area contributed by atoms with Gasteiger partial charge in [0.15, 0.2) is 6.10 Å². The molecule has 2 aliphatic heterocycles. The zero-order valence-electron chi connectivity index (χ0n) is 18.1. The van der Waals surface area contributed by atoms with Crippen LogP contribution < -0.4 is 4.90 Å². The van der Waals surface area contributed by atoms with E-state index in [0.29, 0.717) is 24.2 Å². The third-order valence-electron chi connectivity index (χ3n) is 5.50. The monoisotopic (exact) mass is 436 g/mol. The summed E-state index contributed by atoms with van der Waals surface area (Å²) >= 11 is 0. The van der Waals surface area contributed by atoms with Crippen LogP contribution in [0.3, 0.4) is 0 Å². The third kappa shape index (κ3) is 4.01. The molecule has 32 heavy (non-hydrogen) atoms. The van der Waals surface area contributed by atoms with Gasteiger partial charge < -0.3 is 14.4 Å². The Hall–Kier alpha value is -3.52. The molecule has 4 rings (SSSR count). The van der Waals surface area contributed by atoms with Crippen molar-refractivity contribution in [2.45, 2.75) is 39.1 Å². The van der Waals surface area contributed by atoms with Gasteiger partial charge in [0.1, 0.15) is 0 Å². The molecular formula is C24H24N2O6. The molecule has 2 heterocycles. The highest BCUT2D eigenvalue weighted by atomic mass is 16.5. The van der Waals surface area contributed by atoms with Gasteiger partial charge in [0.2, 0.25) is 0 Å². The molecule has 0 N–H and O–H groups in total. The molecule has 3 atom stereocenters. The highest BCUT2D eigenvalue weighted by molar-refractivity contribution is 6.34. The van der Waals surface area contributed by atoms with Crippen LogP contribution in [0.4, 0.5) is 5.69 Å². The van der Waals surface area contributed by atoms with Crippen LogP contribution in [0.2, 0.25) is 0 Å². The average molecular weight is 436 g/mol. The maximum absolute atomic E-state index is 12.7. The van der Waals surface area contributed by atoms with E-state index >= 15 is 0 Å². The Kier molecular flexibility index (Phi) is 5.80. The standard InChI is InChI=1S/C24H24N2O6/c1-14-12-25(13-15(2)31-14)21(27)16(3)32-24(30)17-7-6-8-18(11-17)26-22(28)19-9-4-5-10-20(19)23(26)29/h4-11,14-16H,12-13H2,1-3H3. The van der Waals surface area contributed by atoms with Crippen LogP contribution in [-0.4, -0.2) is 60.0 Å². The predicted molar refractivity (Wildman–Crippen MR) is 115 cm³/mol. The lowest BCUT2D eigenvalue weighted by Gasteiger charge is -2.36. The molecule has 8 nitrogen and oxygen atoms in total. The molecule has 2 aliphatic rings. The molecule has 0 spiro atoms. The summed E-state index contributed by atoms with van der Waals surface area (Å²) in [7, 11) is 0. The van der Waals surface area contributed by atoms with E-state index in [4.69, 9.17) is 9.47 Å². The second-order valence-corrected chi connectivity index (χ2v) is 8.09. The van der Waals surface area contributed by atoms with Crippen LogP contribution in [-0.2, 0) is 14.3 Å². The van der Waals surface area contributed by atoms with E-state index < -0.39 is 23.9 Å². The molecule has 0 radical (unpaired) electrons. The van der Waals surface area contributed by atoms with Crippen molar-refractivity contribution in [3.05, 3.63) is 65.2 Å². The smallest absolute Gasteiger partial charge is 0.338 e. The molecule has 1 saturated heterocycles. The van der Waals surface area contributed by atoms with Crippen molar-refractivity contribution in [1.82, 2.24) is 4.90 Å². The number of imide groups is 1. The van der Waals surface area contributed by atoms with Crippen LogP contribution in [0.5, 0.6) is 0 Å². The number of fused-ring (bicyclic) bond motifs is 1. The van der Waals surface area contributed by atoms with Gasteiger partial charge in [-0.3, -0.25) is 14.4 Å². The Balaban J connectivity index is 1.48. The largest absolute Gasteiger partial charge is 0.449 e. The maximum atomic E-state index is 12.7. The number of hydrogen-bond donors (Lipinski definition) is 0. The van der Waals surface area contributed by atoms with Crippen LogP contribution in [0.25, 0.3) is 0 Å². The first-order chi connectivity index (χ1) is 15.3. The summed E-state index contributed by atoms with van der Waals surface area (Å²) in [6.45, 7) is 6.16. The van der Waals surface area contributed by atoms with Gasteiger partial charge in [-0.25, -0.2) is 9.69 Å². The fraction of sp³-hybridized carbons (Fsp3) is 0.333. The van der Waals surface area contributed by atoms with E-state index in [1.807, 2.05) is 13.8 Å². The molecule has 166 valence electrons. The topological polar surface area (TPSA) is 93.2 Å². The van der Waals surface area contributed by atoms with Gasteiger partial charge in [-0.2, -0.15) is 0 Å². The molecule has 0 aromatic heterocycles. The number of esters is 1. The van der Waals surface area contributed by atoms with E-state index in [1.165, 1.54) is 19.1 Å². The normalized spacial score (nSPS) is 21.3. The lowest BCUT2D eigenvalue weighted by molar-refractivity contribution is -0.151. The molecule has 0 bridgehead atoms. The second-order valence-electron chi connectivity index (χ2n) is 8.09. The number of hydrogen-bond acceptors (Lipinski definition) is 6. The molecule has 3 unspecified atom stereocenters. The average Bonchev–Trinajstić information content (AvgIpc) is 3.03. The minimum absolute atomic E-state index is 0.0954. The summed E-state index contributed by atoms with van der Waals surface area (Å²) in [5.41, 5.74) is 1.04. The van der Waals surface area contributed by atoms with E-state index in [9.17, 15) is 19.2 Å².